The SMILES string of the molecule is O=C(O)C1CCC(O)(COc2cc(F)cc(F)c2)CC1. The van der Waals surface area contributed by atoms with E-state index in [1.165, 1.54) is 0 Å². The van der Waals surface area contributed by atoms with E-state index in [9.17, 15) is 18.7 Å². The van der Waals surface area contributed by atoms with Crippen molar-refractivity contribution < 1.29 is 28.5 Å². The third-order valence-electron chi connectivity index (χ3n) is 3.61. The van der Waals surface area contributed by atoms with Gasteiger partial charge in [-0.2, -0.15) is 0 Å². The predicted molar refractivity (Wildman–Crippen MR) is 66.4 cm³/mol. The second-order valence-electron chi connectivity index (χ2n) is 5.23. The minimum Gasteiger partial charge on any atom is -0.490 e. The van der Waals surface area contributed by atoms with Crippen LogP contribution in [0.1, 0.15) is 25.7 Å². The summed E-state index contributed by atoms with van der Waals surface area (Å²) >= 11 is 0. The molecule has 6 heteroatoms. The van der Waals surface area contributed by atoms with Crippen LogP contribution in [0.5, 0.6) is 5.75 Å². The maximum Gasteiger partial charge on any atom is 0.306 e. The van der Waals surface area contributed by atoms with Crippen LogP contribution in [-0.4, -0.2) is 28.4 Å². The van der Waals surface area contributed by atoms with Gasteiger partial charge >= 0.3 is 5.97 Å². The minimum absolute atomic E-state index is 0.0104. The van der Waals surface area contributed by atoms with E-state index in [-0.39, 0.29) is 12.4 Å². The number of aliphatic carboxylic acids is 1. The van der Waals surface area contributed by atoms with E-state index in [1.807, 2.05) is 0 Å². The molecule has 4 nitrogen and oxygen atoms in total. The van der Waals surface area contributed by atoms with Crippen LogP contribution in [0.15, 0.2) is 18.2 Å². The van der Waals surface area contributed by atoms with Gasteiger partial charge in [0.25, 0.3) is 0 Å². The van der Waals surface area contributed by atoms with Gasteiger partial charge in [-0.25, -0.2) is 8.78 Å². The molecule has 0 unspecified atom stereocenters. The van der Waals surface area contributed by atoms with Gasteiger partial charge < -0.3 is 14.9 Å². The number of carboxylic acid groups (broad SMARTS) is 1. The fourth-order valence-corrected chi connectivity index (χ4v) is 2.38. The summed E-state index contributed by atoms with van der Waals surface area (Å²) in [5, 5.41) is 19.1. The second-order valence-corrected chi connectivity index (χ2v) is 5.23. The zero-order valence-electron chi connectivity index (χ0n) is 10.8. The van der Waals surface area contributed by atoms with Gasteiger partial charge in [0.1, 0.15) is 24.0 Å². The van der Waals surface area contributed by atoms with Crippen LogP contribution in [0.2, 0.25) is 0 Å². The van der Waals surface area contributed by atoms with Gasteiger partial charge in [0.2, 0.25) is 0 Å². The van der Waals surface area contributed by atoms with Crippen molar-refractivity contribution in [3.8, 4) is 5.75 Å². The van der Waals surface area contributed by atoms with Gasteiger partial charge in [-0.3, -0.25) is 4.79 Å². The van der Waals surface area contributed by atoms with Crippen LogP contribution in [0.4, 0.5) is 8.78 Å². The Bertz CT molecular complexity index is 476. The van der Waals surface area contributed by atoms with E-state index in [0.29, 0.717) is 25.7 Å². The molecule has 20 heavy (non-hydrogen) atoms. The molecule has 2 N–H and O–H groups in total. The van der Waals surface area contributed by atoms with Crippen LogP contribution < -0.4 is 4.74 Å². The number of hydrogen-bond acceptors (Lipinski definition) is 3. The van der Waals surface area contributed by atoms with Crippen molar-refractivity contribution >= 4 is 5.97 Å². The summed E-state index contributed by atoms with van der Waals surface area (Å²) in [6.07, 6.45) is 1.32. The molecular formula is C14H16F2O4. The Balaban J connectivity index is 1.92. The van der Waals surface area contributed by atoms with E-state index in [4.69, 9.17) is 9.84 Å². The number of carbonyl (C=O) groups is 1. The Kier molecular flexibility index (Phi) is 4.23. The highest BCUT2D eigenvalue weighted by atomic mass is 19.1. The molecule has 0 spiro atoms. The molecule has 1 saturated carbocycles. The van der Waals surface area contributed by atoms with Gasteiger partial charge in [0, 0.05) is 18.2 Å². The van der Waals surface area contributed by atoms with Gasteiger partial charge in [-0.1, -0.05) is 0 Å². The fraction of sp³-hybridized carbons (Fsp3) is 0.500. The van der Waals surface area contributed by atoms with Crippen LogP contribution in [0.3, 0.4) is 0 Å². The molecule has 0 saturated heterocycles. The topological polar surface area (TPSA) is 66.8 Å². The third-order valence-corrected chi connectivity index (χ3v) is 3.61. The van der Waals surface area contributed by atoms with Gasteiger partial charge in [-0.05, 0) is 25.7 Å². The molecule has 0 aliphatic heterocycles. The zero-order valence-corrected chi connectivity index (χ0v) is 10.8. The lowest BCUT2D eigenvalue weighted by Gasteiger charge is -2.34. The van der Waals surface area contributed by atoms with Crippen molar-refractivity contribution in [1.82, 2.24) is 0 Å². The first-order valence-corrected chi connectivity index (χ1v) is 6.42. The molecule has 1 fully saturated rings. The number of ether oxygens (including phenoxy) is 1. The molecule has 1 aromatic rings. The minimum atomic E-state index is -1.14. The molecule has 110 valence electrons. The first kappa shape index (κ1) is 14.7. The Hall–Kier alpha value is -1.69. The molecular weight excluding hydrogens is 270 g/mol. The normalized spacial score (nSPS) is 26.2. The Morgan fingerprint density at radius 2 is 1.80 bits per heavy atom. The van der Waals surface area contributed by atoms with Gasteiger partial charge in [-0.15, -0.1) is 0 Å². The number of benzene rings is 1. The quantitative estimate of drug-likeness (QED) is 0.891. The lowest BCUT2D eigenvalue weighted by molar-refractivity contribution is -0.145. The maximum absolute atomic E-state index is 13.0. The van der Waals surface area contributed by atoms with Crippen molar-refractivity contribution in [1.29, 1.82) is 0 Å². The monoisotopic (exact) mass is 286 g/mol. The number of hydrogen-bond donors (Lipinski definition) is 2. The van der Waals surface area contributed by atoms with Crippen LogP contribution in [0, 0.1) is 17.6 Å². The number of rotatable bonds is 4. The molecule has 1 aliphatic rings. The van der Waals surface area contributed by atoms with Crippen LogP contribution in [0.25, 0.3) is 0 Å². The van der Waals surface area contributed by atoms with E-state index in [0.717, 1.165) is 18.2 Å². The maximum atomic E-state index is 13.0. The highest BCUT2D eigenvalue weighted by Gasteiger charge is 2.36. The molecule has 0 heterocycles. The van der Waals surface area contributed by atoms with Crippen LogP contribution in [-0.2, 0) is 4.79 Å². The Morgan fingerprint density at radius 3 is 2.30 bits per heavy atom. The molecule has 0 atom stereocenters. The highest BCUT2D eigenvalue weighted by molar-refractivity contribution is 5.70. The van der Waals surface area contributed by atoms with Crippen molar-refractivity contribution in [2.75, 3.05) is 6.61 Å². The van der Waals surface area contributed by atoms with Crippen molar-refractivity contribution in [3.05, 3.63) is 29.8 Å². The number of aliphatic hydroxyl groups is 1. The van der Waals surface area contributed by atoms with Gasteiger partial charge in [0.15, 0.2) is 0 Å². The van der Waals surface area contributed by atoms with Crippen molar-refractivity contribution in [3.63, 3.8) is 0 Å². The van der Waals surface area contributed by atoms with Crippen LogP contribution >= 0.6 is 0 Å². The number of halogens is 2. The zero-order chi connectivity index (χ0) is 14.8. The first-order chi connectivity index (χ1) is 9.38. The smallest absolute Gasteiger partial charge is 0.306 e. The molecule has 1 aromatic carbocycles. The Labute approximate surface area is 115 Å². The van der Waals surface area contributed by atoms with Crippen molar-refractivity contribution in [2.45, 2.75) is 31.3 Å². The summed E-state index contributed by atoms with van der Waals surface area (Å²) in [5.74, 6) is -2.79. The average molecular weight is 286 g/mol. The predicted octanol–water partition coefficient (Wildman–Crippen LogP) is 2.35. The van der Waals surface area contributed by atoms with E-state index >= 15 is 0 Å². The third kappa shape index (κ3) is 3.66. The standard InChI is InChI=1S/C14H16F2O4/c15-10-5-11(16)7-12(6-10)20-8-14(19)3-1-9(2-4-14)13(17)18/h5-7,9,19H,1-4,8H2,(H,17,18). The summed E-state index contributed by atoms with van der Waals surface area (Å²) < 4.78 is 31.2. The summed E-state index contributed by atoms with van der Waals surface area (Å²) in [6, 6.07) is 2.81. The summed E-state index contributed by atoms with van der Waals surface area (Å²) in [6.45, 7) is -0.109. The molecule has 2 rings (SSSR count). The average Bonchev–Trinajstić information content (AvgIpc) is 2.36. The largest absolute Gasteiger partial charge is 0.490 e. The lowest BCUT2D eigenvalue weighted by Crippen LogP contribution is -2.41. The van der Waals surface area contributed by atoms with E-state index < -0.39 is 29.1 Å². The summed E-state index contributed by atoms with van der Waals surface area (Å²) in [4.78, 5) is 10.8. The first-order valence-electron chi connectivity index (χ1n) is 6.42. The highest BCUT2D eigenvalue weighted by Crippen LogP contribution is 2.33. The molecule has 1 aliphatic carbocycles. The van der Waals surface area contributed by atoms with Crippen molar-refractivity contribution in [2.24, 2.45) is 5.92 Å². The lowest BCUT2D eigenvalue weighted by atomic mass is 9.79. The molecule has 0 aromatic heterocycles. The fourth-order valence-electron chi connectivity index (χ4n) is 2.38. The van der Waals surface area contributed by atoms with E-state index in [1.54, 1.807) is 0 Å². The second kappa shape index (κ2) is 5.75. The van der Waals surface area contributed by atoms with E-state index in [2.05, 4.69) is 0 Å². The molecule has 0 bridgehead atoms. The summed E-state index contributed by atoms with van der Waals surface area (Å²) in [5.41, 5.74) is -1.14. The molecule has 0 amide bonds. The Morgan fingerprint density at radius 1 is 1.25 bits per heavy atom. The number of carboxylic acids is 1. The molecule has 0 radical (unpaired) electrons. The summed E-state index contributed by atoms with van der Waals surface area (Å²) in [7, 11) is 0. The van der Waals surface area contributed by atoms with Gasteiger partial charge in [0.05, 0.1) is 11.5 Å².